The van der Waals surface area contributed by atoms with Crippen LogP contribution in [0.3, 0.4) is 0 Å². The van der Waals surface area contributed by atoms with Crippen LogP contribution in [-0.4, -0.2) is 0 Å². The molecule has 0 unspecified atom stereocenters. The van der Waals surface area contributed by atoms with E-state index in [2.05, 4.69) is 77.7 Å². The van der Waals surface area contributed by atoms with Gasteiger partial charge in [-0.25, -0.2) is 0 Å². The highest BCUT2D eigenvalue weighted by Gasteiger charge is 2.25. The zero-order chi connectivity index (χ0) is 26.2. The molecule has 4 heteroatoms. The van der Waals surface area contributed by atoms with Crippen molar-refractivity contribution in [2.45, 2.75) is 0 Å². The van der Waals surface area contributed by atoms with Crippen LogP contribution in [0.5, 0.6) is 0 Å². The normalized spacial score (nSPS) is 12.0. The summed E-state index contributed by atoms with van der Waals surface area (Å²) in [5.41, 5.74) is 7.73. The zero-order valence-electron chi connectivity index (χ0n) is 21.3. The van der Waals surface area contributed by atoms with E-state index in [0.29, 0.717) is 0 Å². The van der Waals surface area contributed by atoms with Gasteiger partial charge in [0.2, 0.25) is 0 Å². The highest BCUT2D eigenvalue weighted by atomic mass is 16.3. The molecule has 0 amide bonds. The first-order chi connectivity index (χ1) is 19.8. The molecule has 0 saturated carbocycles. The van der Waals surface area contributed by atoms with Crippen LogP contribution in [0.2, 0.25) is 0 Å². The molecule has 4 nitrogen and oxygen atoms in total. The van der Waals surface area contributed by atoms with Crippen LogP contribution in [0.4, 0.5) is 17.1 Å². The van der Waals surface area contributed by atoms with Gasteiger partial charge in [0, 0.05) is 32.3 Å². The van der Waals surface area contributed by atoms with Crippen LogP contribution in [0, 0.1) is 0 Å². The Morgan fingerprint density at radius 1 is 0.300 bits per heavy atom. The van der Waals surface area contributed by atoms with Crippen LogP contribution < -0.4 is 4.90 Å². The quantitative estimate of drug-likeness (QED) is 0.235. The van der Waals surface area contributed by atoms with Crippen molar-refractivity contribution in [1.82, 2.24) is 0 Å². The molecule has 40 heavy (non-hydrogen) atoms. The highest BCUT2D eigenvalue weighted by Crippen LogP contribution is 2.48. The number of nitrogens with zero attached hydrogens (tertiary/aromatic N) is 1. The third-order valence-corrected chi connectivity index (χ3v) is 7.87. The smallest absolute Gasteiger partial charge is 0.159 e. The van der Waals surface area contributed by atoms with Gasteiger partial charge in [0.25, 0.3) is 0 Å². The number of hydrogen-bond acceptors (Lipinski definition) is 4. The fourth-order valence-corrected chi connectivity index (χ4v) is 6.11. The van der Waals surface area contributed by atoms with Gasteiger partial charge >= 0.3 is 0 Å². The average Bonchev–Trinajstić information content (AvgIpc) is 3.70. The van der Waals surface area contributed by atoms with E-state index < -0.39 is 0 Å². The van der Waals surface area contributed by atoms with Crippen LogP contribution >= 0.6 is 0 Å². The predicted octanol–water partition coefficient (Wildman–Crippen LogP) is 10.9. The zero-order valence-corrected chi connectivity index (χ0v) is 21.3. The number of rotatable bonds is 3. The third-order valence-electron chi connectivity index (χ3n) is 7.87. The maximum atomic E-state index is 6.55. The van der Waals surface area contributed by atoms with Crippen molar-refractivity contribution in [2.75, 3.05) is 4.90 Å². The Labute approximate surface area is 228 Å². The topological polar surface area (TPSA) is 42.7 Å². The molecular formula is C36H21NO3. The molecule has 6 aromatic carbocycles. The SMILES string of the molecule is c1ccc2c(c1)oc1c(N(c3cccc4c3oc3ccccc34)c3cccc4c3oc3ccccc34)cccc12. The minimum absolute atomic E-state index is 0.810. The van der Waals surface area contributed by atoms with Gasteiger partial charge in [0.05, 0.1) is 17.1 Å². The maximum absolute atomic E-state index is 6.55. The van der Waals surface area contributed by atoms with Crippen molar-refractivity contribution < 1.29 is 13.3 Å². The summed E-state index contributed by atoms with van der Waals surface area (Å²) in [5.74, 6) is 0. The van der Waals surface area contributed by atoms with Crippen molar-refractivity contribution in [1.29, 1.82) is 0 Å². The largest absolute Gasteiger partial charge is 0.454 e. The van der Waals surface area contributed by atoms with Gasteiger partial charge in [-0.3, -0.25) is 4.90 Å². The number of benzene rings is 6. The third kappa shape index (κ3) is 2.90. The lowest BCUT2D eigenvalue weighted by atomic mass is 10.1. The molecule has 188 valence electrons. The van der Waals surface area contributed by atoms with Crippen molar-refractivity contribution in [3.05, 3.63) is 127 Å². The van der Waals surface area contributed by atoms with Gasteiger partial charge in [-0.15, -0.1) is 0 Å². The number of anilines is 3. The van der Waals surface area contributed by atoms with E-state index >= 15 is 0 Å². The second-order valence-electron chi connectivity index (χ2n) is 10.1. The first-order valence-electron chi connectivity index (χ1n) is 13.4. The summed E-state index contributed by atoms with van der Waals surface area (Å²) >= 11 is 0. The first kappa shape index (κ1) is 21.5. The lowest BCUT2D eigenvalue weighted by Crippen LogP contribution is -2.10. The van der Waals surface area contributed by atoms with Crippen LogP contribution in [0.15, 0.2) is 141 Å². The Bertz CT molecular complexity index is 2130. The molecule has 0 atom stereocenters. The van der Waals surface area contributed by atoms with Crippen molar-refractivity contribution in [3.8, 4) is 0 Å². The first-order valence-corrected chi connectivity index (χ1v) is 13.4. The molecule has 0 radical (unpaired) electrons. The predicted molar refractivity (Wildman–Crippen MR) is 163 cm³/mol. The van der Waals surface area contributed by atoms with Gasteiger partial charge < -0.3 is 13.3 Å². The number of hydrogen-bond donors (Lipinski definition) is 0. The standard InChI is InChI=1S/C36H21NO3/c1-4-19-31-22(10-1)25-13-7-16-28(34(25)38-31)37(29-17-8-14-26-23-11-2-5-20-32(23)39-35(26)29)30-18-9-15-27-24-12-3-6-21-33(24)40-36(27)30/h1-21H. The van der Waals surface area contributed by atoms with E-state index in [1.165, 1.54) is 0 Å². The van der Waals surface area contributed by atoms with E-state index in [1.807, 2.05) is 54.6 Å². The number of para-hydroxylation sites is 6. The summed E-state index contributed by atoms with van der Waals surface area (Å²) in [6.45, 7) is 0. The van der Waals surface area contributed by atoms with E-state index in [9.17, 15) is 0 Å². The molecule has 9 aromatic rings. The Hall–Kier alpha value is -5.48. The summed E-state index contributed by atoms with van der Waals surface area (Å²) in [5, 5.41) is 6.44. The summed E-state index contributed by atoms with van der Waals surface area (Å²) in [4.78, 5) is 2.22. The summed E-state index contributed by atoms with van der Waals surface area (Å²) in [6, 6.07) is 43.5. The van der Waals surface area contributed by atoms with Crippen LogP contribution in [0.1, 0.15) is 0 Å². The van der Waals surface area contributed by atoms with E-state index in [-0.39, 0.29) is 0 Å². The number of furan rings is 3. The minimum Gasteiger partial charge on any atom is -0.454 e. The van der Waals surface area contributed by atoms with Crippen molar-refractivity contribution in [3.63, 3.8) is 0 Å². The van der Waals surface area contributed by atoms with Gasteiger partial charge in [-0.1, -0.05) is 91.0 Å². The van der Waals surface area contributed by atoms with Gasteiger partial charge in [-0.05, 0) is 36.4 Å². The van der Waals surface area contributed by atoms with Crippen molar-refractivity contribution in [2.24, 2.45) is 0 Å². The van der Waals surface area contributed by atoms with Gasteiger partial charge in [-0.2, -0.15) is 0 Å². The molecule has 0 aliphatic rings. The monoisotopic (exact) mass is 515 g/mol. The summed E-state index contributed by atoms with van der Waals surface area (Å²) < 4.78 is 19.6. The molecule has 0 fully saturated rings. The fourth-order valence-electron chi connectivity index (χ4n) is 6.11. The Morgan fingerprint density at radius 3 is 0.950 bits per heavy atom. The highest BCUT2D eigenvalue weighted by molar-refractivity contribution is 6.16. The molecule has 9 rings (SSSR count). The lowest BCUT2D eigenvalue weighted by molar-refractivity contribution is 0.663. The molecule has 0 aliphatic carbocycles. The second-order valence-corrected chi connectivity index (χ2v) is 10.1. The Balaban J connectivity index is 1.43. The Morgan fingerprint density at radius 2 is 0.600 bits per heavy atom. The van der Waals surface area contributed by atoms with Gasteiger partial charge in [0.15, 0.2) is 16.7 Å². The van der Waals surface area contributed by atoms with Crippen LogP contribution in [-0.2, 0) is 0 Å². The molecular weight excluding hydrogens is 494 g/mol. The molecule has 3 heterocycles. The maximum Gasteiger partial charge on any atom is 0.159 e. The molecule has 0 aliphatic heterocycles. The van der Waals surface area contributed by atoms with E-state index in [1.54, 1.807) is 0 Å². The Kier molecular flexibility index (Phi) is 4.30. The fraction of sp³-hybridized carbons (Fsp3) is 0. The molecule has 0 bridgehead atoms. The average molecular weight is 516 g/mol. The summed E-state index contributed by atoms with van der Waals surface area (Å²) in [6.07, 6.45) is 0. The summed E-state index contributed by atoms with van der Waals surface area (Å²) in [7, 11) is 0. The second kappa shape index (κ2) is 8.01. The van der Waals surface area contributed by atoms with E-state index in [4.69, 9.17) is 13.3 Å². The molecule has 3 aromatic heterocycles. The molecule has 0 spiro atoms. The van der Waals surface area contributed by atoms with E-state index in [0.717, 1.165) is 82.9 Å². The lowest BCUT2D eigenvalue weighted by Gasteiger charge is -2.25. The number of fused-ring (bicyclic) bond motifs is 9. The molecule has 0 saturated heterocycles. The van der Waals surface area contributed by atoms with Crippen molar-refractivity contribution >= 4 is 82.9 Å². The van der Waals surface area contributed by atoms with Crippen LogP contribution in [0.25, 0.3) is 65.8 Å². The minimum atomic E-state index is 0.810. The van der Waals surface area contributed by atoms with Gasteiger partial charge in [0.1, 0.15) is 16.7 Å². The molecule has 0 N–H and O–H groups in total.